The summed E-state index contributed by atoms with van der Waals surface area (Å²) in [5.41, 5.74) is 1.18. The summed E-state index contributed by atoms with van der Waals surface area (Å²) < 4.78 is 1.56. The summed E-state index contributed by atoms with van der Waals surface area (Å²) in [5.74, 6) is 0. The van der Waals surface area contributed by atoms with Crippen molar-refractivity contribution in [3.63, 3.8) is 0 Å². The Balaban J connectivity index is 2.40. The molecule has 0 saturated heterocycles. The second kappa shape index (κ2) is 3.25. The number of nitrogens with zero attached hydrogens (tertiary/aromatic N) is 4. The molecule has 2 rings (SSSR count). The van der Waals surface area contributed by atoms with Gasteiger partial charge in [-0.3, -0.25) is 10.1 Å². The summed E-state index contributed by atoms with van der Waals surface area (Å²) in [4.78, 5) is 13.6. The van der Waals surface area contributed by atoms with Gasteiger partial charge in [-0.05, 0) is 6.07 Å². The lowest BCUT2D eigenvalue weighted by atomic mass is 10.4. The van der Waals surface area contributed by atoms with Gasteiger partial charge >= 0.3 is 0 Å². The van der Waals surface area contributed by atoms with Crippen LogP contribution in [0.15, 0.2) is 30.7 Å². The van der Waals surface area contributed by atoms with Crippen molar-refractivity contribution in [3.8, 4) is 0 Å². The molecule has 6 heteroatoms. The van der Waals surface area contributed by atoms with Crippen LogP contribution in [0, 0.1) is 10.1 Å². The van der Waals surface area contributed by atoms with Gasteiger partial charge in [0.2, 0.25) is 6.20 Å². The van der Waals surface area contributed by atoms with E-state index in [4.69, 9.17) is 0 Å². The fourth-order valence-electron chi connectivity index (χ4n) is 1.07. The lowest BCUT2D eigenvalue weighted by Gasteiger charge is -1.86. The van der Waals surface area contributed by atoms with Crippen LogP contribution in [-0.2, 0) is 0 Å². The van der Waals surface area contributed by atoms with Gasteiger partial charge in [-0.1, -0.05) is 0 Å². The minimum absolute atomic E-state index is 0.514. The van der Waals surface area contributed by atoms with E-state index in [1.54, 1.807) is 29.0 Å². The summed E-state index contributed by atoms with van der Waals surface area (Å²) in [6.45, 7) is 0. The van der Waals surface area contributed by atoms with E-state index >= 15 is 0 Å². The van der Waals surface area contributed by atoms with Crippen LogP contribution in [0.25, 0.3) is 11.7 Å². The van der Waals surface area contributed by atoms with E-state index in [9.17, 15) is 10.1 Å². The van der Waals surface area contributed by atoms with Gasteiger partial charge in [0.25, 0.3) is 0 Å². The summed E-state index contributed by atoms with van der Waals surface area (Å²) in [5, 5.41) is 14.1. The minimum atomic E-state index is -0.530. The van der Waals surface area contributed by atoms with Gasteiger partial charge in [0.15, 0.2) is 5.65 Å². The summed E-state index contributed by atoms with van der Waals surface area (Å²) >= 11 is 0. The van der Waals surface area contributed by atoms with E-state index < -0.39 is 4.92 Å². The van der Waals surface area contributed by atoms with E-state index in [0.29, 0.717) is 11.3 Å². The molecular formula is C8H6N4O2. The third-order valence-electron chi connectivity index (χ3n) is 1.62. The van der Waals surface area contributed by atoms with Crippen LogP contribution >= 0.6 is 0 Å². The molecule has 0 amide bonds. The summed E-state index contributed by atoms with van der Waals surface area (Å²) in [7, 11) is 0. The number of hydrogen-bond acceptors (Lipinski definition) is 4. The molecule has 0 atom stereocenters. The molecule has 14 heavy (non-hydrogen) atoms. The molecule has 0 radical (unpaired) electrons. The standard InChI is InChI=1S/C8H6N4O2/c13-12(14)5-2-7-6-8-9-3-1-4-11(8)10-7/h1-6H/b5-2+. The number of rotatable bonds is 2. The Labute approximate surface area is 78.7 Å². The lowest BCUT2D eigenvalue weighted by molar-refractivity contribution is -0.401. The molecule has 0 bridgehead atoms. The molecule has 0 spiro atoms. The maximum Gasteiger partial charge on any atom is 0.236 e. The van der Waals surface area contributed by atoms with Crippen LogP contribution < -0.4 is 0 Å². The fraction of sp³-hybridized carbons (Fsp3) is 0. The Hall–Kier alpha value is -2.24. The molecule has 2 aromatic rings. The van der Waals surface area contributed by atoms with Crippen LogP contribution in [0.3, 0.4) is 0 Å². The number of hydrogen-bond donors (Lipinski definition) is 0. The molecule has 2 aromatic heterocycles. The van der Waals surface area contributed by atoms with Gasteiger partial charge in [-0.15, -0.1) is 0 Å². The smallest absolute Gasteiger partial charge is 0.236 e. The molecule has 0 fully saturated rings. The molecule has 0 aromatic carbocycles. The Morgan fingerprint density at radius 2 is 2.43 bits per heavy atom. The highest BCUT2D eigenvalue weighted by molar-refractivity contribution is 5.51. The topological polar surface area (TPSA) is 73.3 Å². The van der Waals surface area contributed by atoms with Gasteiger partial charge < -0.3 is 0 Å². The van der Waals surface area contributed by atoms with Crippen molar-refractivity contribution in [2.45, 2.75) is 0 Å². The Bertz CT molecular complexity index is 470. The van der Waals surface area contributed by atoms with Crippen molar-refractivity contribution >= 4 is 11.7 Å². The molecule has 0 N–H and O–H groups in total. The summed E-state index contributed by atoms with van der Waals surface area (Å²) in [6.07, 6.45) is 5.54. The van der Waals surface area contributed by atoms with Crippen LogP contribution in [0.2, 0.25) is 0 Å². The Morgan fingerprint density at radius 1 is 1.57 bits per heavy atom. The van der Waals surface area contributed by atoms with Crippen LogP contribution in [-0.4, -0.2) is 19.5 Å². The average molecular weight is 190 g/mol. The maximum absolute atomic E-state index is 10.1. The number of nitro groups is 1. The van der Waals surface area contributed by atoms with Gasteiger partial charge in [0.1, 0.15) is 0 Å². The third kappa shape index (κ3) is 1.58. The van der Waals surface area contributed by atoms with Crippen molar-refractivity contribution in [1.82, 2.24) is 14.6 Å². The zero-order valence-corrected chi connectivity index (χ0v) is 7.07. The molecule has 70 valence electrons. The van der Waals surface area contributed by atoms with Crippen molar-refractivity contribution in [1.29, 1.82) is 0 Å². The highest BCUT2D eigenvalue weighted by Crippen LogP contribution is 2.04. The first-order valence-corrected chi connectivity index (χ1v) is 3.88. The zero-order valence-electron chi connectivity index (χ0n) is 7.07. The van der Waals surface area contributed by atoms with E-state index in [-0.39, 0.29) is 0 Å². The minimum Gasteiger partial charge on any atom is -0.259 e. The SMILES string of the molecule is O=[N+]([O-])/C=C/c1cc2ncccn2n1. The second-order valence-electron chi connectivity index (χ2n) is 2.59. The molecular weight excluding hydrogens is 184 g/mol. The predicted molar refractivity (Wildman–Crippen MR) is 49.0 cm³/mol. The van der Waals surface area contributed by atoms with E-state index in [2.05, 4.69) is 10.1 Å². The van der Waals surface area contributed by atoms with Crippen LogP contribution in [0.4, 0.5) is 0 Å². The largest absolute Gasteiger partial charge is 0.259 e. The van der Waals surface area contributed by atoms with Gasteiger partial charge in [0, 0.05) is 24.5 Å². The normalized spacial score (nSPS) is 11.1. The fourth-order valence-corrected chi connectivity index (χ4v) is 1.07. The van der Waals surface area contributed by atoms with Gasteiger partial charge in [-0.2, -0.15) is 5.10 Å². The molecule has 2 heterocycles. The van der Waals surface area contributed by atoms with Crippen LogP contribution in [0.1, 0.15) is 5.69 Å². The predicted octanol–water partition coefficient (Wildman–Crippen LogP) is 0.977. The molecule has 0 saturated carbocycles. The first-order valence-electron chi connectivity index (χ1n) is 3.88. The second-order valence-corrected chi connectivity index (χ2v) is 2.59. The van der Waals surface area contributed by atoms with Gasteiger partial charge in [-0.25, -0.2) is 9.50 Å². The monoisotopic (exact) mass is 190 g/mol. The van der Waals surface area contributed by atoms with Crippen molar-refractivity contribution in [3.05, 3.63) is 46.5 Å². The molecule has 0 aliphatic heterocycles. The molecule has 0 aliphatic rings. The van der Waals surface area contributed by atoms with Crippen molar-refractivity contribution < 1.29 is 4.92 Å². The number of aromatic nitrogens is 3. The zero-order chi connectivity index (χ0) is 9.97. The van der Waals surface area contributed by atoms with Crippen molar-refractivity contribution in [2.75, 3.05) is 0 Å². The van der Waals surface area contributed by atoms with E-state index in [1.165, 1.54) is 6.08 Å². The van der Waals surface area contributed by atoms with Crippen molar-refractivity contribution in [2.24, 2.45) is 0 Å². The summed E-state index contributed by atoms with van der Waals surface area (Å²) in [6, 6.07) is 3.40. The van der Waals surface area contributed by atoms with Gasteiger partial charge in [0.05, 0.1) is 10.6 Å². The first-order chi connectivity index (χ1) is 6.75. The van der Waals surface area contributed by atoms with E-state index in [1.807, 2.05) is 0 Å². The van der Waals surface area contributed by atoms with E-state index in [0.717, 1.165) is 6.20 Å². The lowest BCUT2D eigenvalue weighted by Crippen LogP contribution is -1.87. The Morgan fingerprint density at radius 3 is 3.14 bits per heavy atom. The molecule has 0 aliphatic carbocycles. The first kappa shape index (κ1) is 8.36. The highest BCUT2D eigenvalue weighted by Gasteiger charge is 1.98. The highest BCUT2D eigenvalue weighted by atomic mass is 16.6. The average Bonchev–Trinajstić information content (AvgIpc) is 2.57. The third-order valence-corrected chi connectivity index (χ3v) is 1.62. The molecule has 0 unspecified atom stereocenters. The maximum atomic E-state index is 10.1. The number of fused-ring (bicyclic) bond motifs is 1. The van der Waals surface area contributed by atoms with Crippen LogP contribution in [0.5, 0.6) is 0 Å². The Kier molecular flexibility index (Phi) is 1.94. The molecule has 6 nitrogen and oxygen atoms in total. The quantitative estimate of drug-likeness (QED) is 0.522.